The van der Waals surface area contributed by atoms with E-state index in [2.05, 4.69) is 11.4 Å². The van der Waals surface area contributed by atoms with Crippen molar-refractivity contribution in [1.82, 2.24) is 4.90 Å². The standard InChI is InChI=1S/C26H27N2O4S/c1-2-33(31,32)23-15-9-19(10-16-23)18-25(29)27-22-13-11-21(12-14-22)26(30)28-17-5-7-20-6-3-4-8-24(20)28/h3-4,6,8-16,20H,2,5,7,17-18H2,1H3,(H,27,29). The Morgan fingerprint density at radius 1 is 1.03 bits per heavy atom. The smallest absolute Gasteiger partial charge is 0.254 e. The van der Waals surface area contributed by atoms with Gasteiger partial charge < -0.3 is 10.2 Å². The Balaban J connectivity index is 1.36. The molecule has 6 nitrogen and oxygen atoms in total. The van der Waals surface area contributed by atoms with Crippen molar-refractivity contribution < 1.29 is 18.0 Å². The molecular formula is C26H27N2O4S. The van der Waals surface area contributed by atoms with Gasteiger partial charge in [0.2, 0.25) is 5.91 Å². The normalized spacial score (nSPS) is 18.1. The molecule has 171 valence electrons. The van der Waals surface area contributed by atoms with Gasteiger partial charge in [0.1, 0.15) is 0 Å². The summed E-state index contributed by atoms with van der Waals surface area (Å²) in [5, 5.41) is 2.83. The number of hydrogen-bond donors (Lipinski definition) is 1. The number of sulfone groups is 1. The van der Waals surface area contributed by atoms with Crippen LogP contribution < -0.4 is 5.32 Å². The SMILES string of the molecule is CCS(=O)(=O)c1ccc(CC(=O)Nc2ccc(C(=O)N3CCCC4C=CC=C[C]43)cc2)cc1. The van der Waals surface area contributed by atoms with E-state index in [1.54, 1.807) is 43.3 Å². The van der Waals surface area contributed by atoms with Gasteiger partial charge in [-0.15, -0.1) is 0 Å². The molecule has 0 saturated carbocycles. The van der Waals surface area contributed by atoms with E-state index >= 15 is 0 Å². The van der Waals surface area contributed by atoms with Gasteiger partial charge in [-0.3, -0.25) is 9.59 Å². The van der Waals surface area contributed by atoms with Crippen molar-refractivity contribution in [2.75, 3.05) is 17.6 Å². The Labute approximate surface area is 194 Å². The van der Waals surface area contributed by atoms with E-state index < -0.39 is 9.84 Å². The molecule has 1 aliphatic carbocycles. The summed E-state index contributed by atoms with van der Waals surface area (Å²) in [5.41, 5.74) is 1.91. The highest BCUT2D eigenvalue weighted by atomic mass is 32.2. The summed E-state index contributed by atoms with van der Waals surface area (Å²) in [4.78, 5) is 27.6. The number of piperidine rings is 1. The second-order valence-electron chi connectivity index (χ2n) is 8.22. The van der Waals surface area contributed by atoms with Gasteiger partial charge in [0, 0.05) is 23.7 Å². The Bertz CT molecular complexity index is 1180. The lowest BCUT2D eigenvalue weighted by Gasteiger charge is -2.39. The molecule has 1 atom stereocenters. The third-order valence-corrected chi connectivity index (χ3v) is 7.75. The van der Waals surface area contributed by atoms with Crippen LogP contribution in [0.15, 0.2) is 77.7 Å². The zero-order valence-corrected chi connectivity index (χ0v) is 19.3. The highest BCUT2D eigenvalue weighted by Gasteiger charge is 2.33. The molecule has 4 rings (SSSR count). The number of carbonyl (C=O) groups excluding carboxylic acids is 2. The fraction of sp³-hybridized carbons (Fsp3) is 0.269. The van der Waals surface area contributed by atoms with Gasteiger partial charge in [-0.1, -0.05) is 43.4 Å². The molecule has 0 bridgehead atoms. The molecule has 2 aliphatic rings. The zero-order valence-electron chi connectivity index (χ0n) is 18.5. The largest absolute Gasteiger partial charge is 0.326 e. The third-order valence-electron chi connectivity index (χ3n) is 6.00. The van der Waals surface area contributed by atoms with Crippen molar-refractivity contribution in [2.45, 2.75) is 31.1 Å². The van der Waals surface area contributed by atoms with Gasteiger partial charge in [-0.2, -0.15) is 0 Å². The molecule has 1 aliphatic heterocycles. The van der Waals surface area contributed by atoms with Crippen LogP contribution in [0.5, 0.6) is 0 Å². The number of hydrogen-bond acceptors (Lipinski definition) is 4. The van der Waals surface area contributed by atoms with E-state index in [-0.39, 0.29) is 28.9 Å². The lowest BCUT2D eigenvalue weighted by Crippen LogP contribution is -2.42. The predicted molar refractivity (Wildman–Crippen MR) is 128 cm³/mol. The lowest BCUT2D eigenvalue weighted by atomic mass is 9.86. The van der Waals surface area contributed by atoms with Crippen LogP contribution in [0.1, 0.15) is 35.7 Å². The summed E-state index contributed by atoms with van der Waals surface area (Å²) >= 11 is 0. The number of amides is 2. The summed E-state index contributed by atoms with van der Waals surface area (Å²) in [6, 6.07) is 14.3. The van der Waals surface area contributed by atoms with Crippen LogP contribution in [0.4, 0.5) is 5.69 Å². The summed E-state index contributed by atoms with van der Waals surface area (Å²) < 4.78 is 23.8. The first-order chi connectivity index (χ1) is 15.9. The van der Waals surface area contributed by atoms with E-state index in [1.165, 1.54) is 12.1 Å². The molecule has 2 amide bonds. The number of anilines is 1. The van der Waals surface area contributed by atoms with Crippen molar-refractivity contribution in [3.05, 3.63) is 90.0 Å². The van der Waals surface area contributed by atoms with Crippen molar-refractivity contribution in [3.8, 4) is 0 Å². The maximum atomic E-state index is 13.1. The number of rotatable bonds is 6. The highest BCUT2D eigenvalue weighted by Crippen LogP contribution is 2.35. The van der Waals surface area contributed by atoms with Gasteiger partial charge >= 0.3 is 0 Å². The number of allylic oxidation sites excluding steroid dienone is 2. The Morgan fingerprint density at radius 2 is 1.76 bits per heavy atom. The molecule has 0 spiro atoms. The predicted octanol–water partition coefficient (Wildman–Crippen LogP) is 4.17. The first-order valence-electron chi connectivity index (χ1n) is 11.1. The summed E-state index contributed by atoms with van der Waals surface area (Å²) in [6.07, 6.45) is 10.3. The van der Waals surface area contributed by atoms with Gasteiger partial charge in [0.25, 0.3) is 5.91 Å². The minimum atomic E-state index is -3.26. The molecule has 1 heterocycles. The first kappa shape index (κ1) is 23.0. The first-order valence-corrected chi connectivity index (χ1v) is 12.8. The number of nitrogens with zero attached hydrogens (tertiary/aromatic N) is 1. The van der Waals surface area contributed by atoms with Crippen molar-refractivity contribution in [1.29, 1.82) is 0 Å². The van der Waals surface area contributed by atoms with Crippen molar-refractivity contribution in [2.24, 2.45) is 5.92 Å². The Kier molecular flexibility index (Phi) is 6.79. The van der Waals surface area contributed by atoms with Crippen LogP contribution in [0.3, 0.4) is 0 Å². The average molecular weight is 464 g/mol. The van der Waals surface area contributed by atoms with Crippen LogP contribution in [0, 0.1) is 12.0 Å². The van der Waals surface area contributed by atoms with Crippen molar-refractivity contribution >= 4 is 27.3 Å². The molecule has 1 saturated heterocycles. The van der Waals surface area contributed by atoms with Crippen LogP contribution in [-0.2, 0) is 21.1 Å². The topological polar surface area (TPSA) is 83.5 Å². The monoisotopic (exact) mass is 463 g/mol. The summed E-state index contributed by atoms with van der Waals surface area (Å²) in [7, 11) is -3.26. The van der Waals surface area contributed by atoms with E-state index in [9.17, 15) is 18.0 Å². The van der Waals surface area contributed by atoms with Gasteiger partial charge in [0.15, 0.2) is 9.84 Å². The number of benzene rings is 2. The Hall–Kier alpha value is -3.19. The molecule has 1 unspecified atom stereocenters. The molecule has 2 aromatic carbocycles. The molecule has 33 heavy (non-hydrogen) atoms. The van der Waals surface area contributed by atoms with Gasteiger partial charge in [-0.25, -0.2) is 8.42 Å². The van der Waals surface area contributed by atoms with E-state index in [1.807, 2.05) is 23.1 Å². The zero-order chi connectivity index (χ0) is 23.4. The number of nitrogens with one attached hydrogen (secondary N) is 1. The molecule has 1 N–H and O–H groups in total. The number of carbonyl (C=O) groups is 2. The van der Waals surface area contributed by atoms with Gasteiger partial charge in [0.05, 0.1) is 23.1 Å². The second-order valence-corrected chi connectivity index (χ2v) is 10.5. The molecular weight excluding hydrogens is 436 g/mol. The van der Waals surface area contributed by atoms with Crippen LogP contribution in [0.2, 0.25) is 0 Å². The second kappa shape index (κ2) is 9.75. The van der Waals surface area contributed by atoms with Crippen LogP contribution in [-0.4, -0.2) is 37.4 Å². The van der Waals surface area contributed by atoms with Crippen LogP contribution >= 0.6 is 0 Å². The van der Waals surface area contributed by atoms with Crippen LogP contribution in [0.25, 0.3) is 0 Å². The number of fused-ring (bicyclic) bond motifs is 1. The van der Waals surface area contributed by atoms with Gasteiger partial charge in [-0.05, 0) is 54.8 Å². The summed E-state index contributed by atoms with van der Waals surface area (Å²) in [6.45, 7) is 2.31. The van der Waals surface area contributed by atoms with E-state index in [4.69, 9.17) is 0 Å². The molecule has 2 aromatic rings. The molecule has 1 fully saturated rings. The molecule has 0 aromatic heterocycles. The minimum absolute atomic E-state index is 0.0327. The molecule has 1 radical (unpaired) electrons. The van der Waals surface area contributed by atoms with Crippen molar-refractivity contribution in [3.63, 3.8) is 0 Å². The fourth-order valence-corrected chi connectivity index (χ4v) is 5.03. The average Bonchev–Trinajstić information content (AvgIpc) is 2.84. The third kappa shape index (κ3) is 5.25. The summed E-state index contributed by atoms with van der Waals surface area (Å²) in [5.74, 6) is 0.0855. The minimum Gasteiger partial charge on any atom is -0.326 e. The highest BCUT2D eigenvalue weighted by molar-refractivity contribution is 7.91. The van der Waals surface area contributed by atoms with E-state index in [0.717, 1.165) is 24.4 Å². The molecule has 7 heteroatoms. The quantitative estimate of drug-likeness (QED) is 0.697. The lowest BCUT2D eigenvalue weighted by molar-refractivity contribution is -0.115. The van der Waals surface area contributed by atoms with E-state index in [0.29, 0.717) is 23.7 Å². The number of likely N-dealkylation sites (tertiary alicyclic amines) is 1. The Morgan fingerprint density at radius 3 is 2.45 bits per heavy atom. The maximum absolute atomic E-state index is 13.1. The maximum Gasteiger partial charge on any atom is 0.254 e. The fourth-order valence-electron chi connectivity index (χ4n) is 4.15.